The van der Waals surface area contributed by atoms with E-state index in [9.17, 15) is 4.79 Å². The Hall–Kier alpha value is -1.87. The normalized spacial score (nSPS) is 21.7. The fourth-order valence-electron chi connectivity index (χ4n) is 3.30. The summed E-state index contributed by atoms with van der Waals surface area (Å²) >= 11 is 0. The molecule has 6 nitrogen and oxygen atoms in total. The van der Waals surface area contributed by atoms with E-state index in [-0.39, 0.29) is 23.3 Å². The maximum Gasteiger partial charge on any atom is 0.223 e. The summed E-state index contributed by atoms with van der Waals surface area (Å²) in [7, 11) is 3.77. The third kappa shape index (κ3) is 4.32. The lowest BCUT2D eigenvalue weighted by Crippen LogP contribution is -2.34. The molecule has 1 aliphatic heterocycles. The molecule has 1 amide bonds. The minimum atomic E-state index is 0.0888. The SMILES string of the molecule is CN1C(=O)C[C@@H](CNCC(C)(C)CCC#N)[C@@H]1c1cnn(C)c1. The van der Waals surface area contributed by atoms with E-state index in [1.807, 2.05) is 31.4 Å². The molecule has 0 radical (unpaired) electrons. The highest BCUT2D eigenvalue weighted by atomic mass is 16.2. The van der Waals surface area contributed by atoms with Gasteiger partial charge >= 0.3 is 0 Å². The molecular weight excluding hydrogens is 290 g/mol. The summed E-state index contributed by atoms with van der Waals surface area (Å²) in [5.74, 6) is 0.442. The topological polar surface area (TPSA) is 74.0 Å². The quantitative estimate of drug-likeness (QED) is 0.833. The number of hydrogen-bond donors (Lipinski definition) is 1. The van der Waals surface area contributed by atoms with E-state index < -0.39 is 0 Å². The molecule has 1 N–H and O–H groups in total. The number of rotatable bonds is 7. The highest BCUT2D eigenvalue weighted by Crippen LogP contribution is 2.36. The third-order valence-corrected chi connectivity index (χ3v) is 4.68. The first kappa shape index (κ1) is 17.5. The summed E-state index contributed by atoms with van der Waals surface area (Å²) < 4.78 is 1.78. The van der Waals surface area contributed by atoms with Crippen LogP contribution in [0.5, 0.6) is 0 Å². The second-order valence-corrected chi connectivity index (χ2v) is 7.31. The third-order valence-electron chi connectivity index (χ3n) is 4.68. The molecule has 2 atom stereocenters. The second-order valence-electron chi connectivity index (χ2n) is 7.31. The molecule has 1 saturated heterocycles. The van der Waals surface area contributed by atoms with E-state index in [4.69, 9.17) is 5.26 Å². The summed E-state index contributed by atoms with van der Waals surface area (Å²) in [6, 6.07) is 2.30. The fourth-order valence-corrected chi connectivity index (χ4v) is 3.30. The van der Waals surface area contributed by atoms with Crippen LogP contribution in [0.2, 0.25) is 0 Å². The van der Waals surface area contributed by atoms with Crippen LogP contribution in [0.1, 0.15) is 44.7 Å². The van der Waals surface area contributed by atoms with E-state index in [0.717, 1.165) is 25.1 Å². The van der Waals surface area contributed by atoms with Crippen molar-refractivity contribution in [3.8, 4) is 6.07 Å². The Balaban J connectivity index is 1.95. The number of amides is 1. The lowest BCUT2D eigenvalue weighted by Gasteiger charge is -2.27. The molecular formula is C17H27N5O. The first-order chi connectivity index (χ1) is 10.8. The maximum atomic E-state index is 12.1. The van der Waals surface area contributed by atoms with Gasteiger partial charge in [-0.25, -0.2) is 0 Å². The van der Waals surface area contributed by atoms with E-state index in [1.165, 1.54) is 0 Å². The van der Waals surface area contributed by atoms with Gasteiger partial charge in [-0.2, -0.15) is 10.4 Å². The lowest BCUT2D eigenvalue weighted by atomic mass is 9.87. The van der Waals surface area contributed by atoms with Crippen molar-refractivity contribution in [1.82, 2.24) is 20.0 Å². The molecule has 2 heterocycles. The number of carbonyl (C=O) groups is 1. The fraction of sp³-hybridized carbons (Fsp3) is 0.706. The van der Waals surface area contributed by atoms with Crippen LogP contribution in [0.25, 0.3) is 0 Å². The molecule has 126 valence electrons. The summed E-state index contributed by atoms with van der Waals surface area (Å²) in [5.41, 5.74) is 1.19. The number of likely N-dealkylation sites (tertiary alicyclic amines) is 1. The molecule has 1 aromatic heterocycles. The number of nitrogens with one attached hydrogen (secondary N) is 1. The number of nitriles is 1. The van der Waals surface area contributed by atoms with Crippen LogP contribution in [0.15, 0.2) is 12.4 Å². The average Bonchev–Trinajstić information content (AvgIpc) is 3.01. The highest BCUT2D eigenvalue weighted by molar-refractivity contribution is 5.79. The Morgan fingerprint density at radius 3 is 2.83 bits per heavy atom. The predicted molar refractivity (Wildman–Crippen MR) is 88.3 cm³/mol. The van der Waals surface area contributed by atoms with Crippen LogP contribution in [0, 0.1) is 22.7 Å². The smallest absolute Gasteiger partial charge is 0.223 e. The minimum Gasteiger partial charge on any atom is -0.338 e. The van der Waals surface area contributed by atoms with Gasteiger partial charge in [0.15, 0.2) is 0 Å². The molecule has 2 rings (SSSR count). The van der Waals surface area contributed by atoms with E-state index in [0.29, 0.717) is 12.8 Å². The van der Waals surface area contributed by atoms with Crippen LogP contribution in [-0.4, -0.2) is 40.7 Å². The zero-order chi connectivity index (χ0) is 17.0. The van der Waals surface area contributed by atoms with Crippen LogP contribution in [0.3, 0.4) is 0 Å². The van der Waals surface area contributed by atoms with Crippen molar-refractivity contribution in [3.05, 3.63) is 18.0 Å². The molecule has 0 spiro atoms. The van der Waals surface area contributed by atoms with Crippen molar-refractivity contribution in [3.63, 3.8) is 0 Å². The molecule has 1 fully saturated rings. The standard InChI is InChI=1S/C17H27N5O/c1-17(2,6-5-7-18)12-19-9-13-8-15(23)22(4)16(13)14-10-20-21(3)11-14/h10-11,13,16,19H,5-6,8-9,12H2,1-4H3/t13-,16+/m0/s1. The van der Waals surface area contributed by atoms with Gasteiger partial charge in [0.25, 0.3) is 0 Å². The largest absolute Gasteiger partial charge is 0.338 e. The Bertz CT molecular complexity index is 586. The predicted octanol–water partition coefficient (Wildman–Crippen LogP) is 1.86. The van der Waals surface area contributed by atoms with Crippen molar-refractivity contribution in [2.45, 2.75) is 39.2 Å². The van der Waals surface area contributed by atoms with Gasteiger partial charge in [0.05, 0.1) is 18.3 Å². The minimum absolute atomic E-state index is 0.0888. The zero-order valence-electron chi connectivity index (χ0n) is 14.5. The molecule has 1 aliphatic rings. The van der Waals surface area contributed by atoms with Crippen LogP contribution >= 0.6 is 0 Å². The first-order valence-electron chi connectivity index (χ1n) is 8.16. The van der Waals surface area contributed by atoms with Gasteiger partial charge in [-0.3, -0.25) is 9.48 Å². The molecule has 6 heteroatoms. The van der Waals surface area contributed by atoms with Crippen LogP contribution < -0.4 is 5.32 Å². The summed E-state index contributed by atoms with van der Waals surface area (Å²) in [6.45, 7) is 5.98. The van der Waals surface area contributed by atoms with E-state index in [2.05, 4.69) is 30.3 Å². The molecule has 23 heavy (non-hydrogen) atoms. The van der Waals surface area contributed by atoms with Crippen LogP contribution in [0.4, 0.5) is 0 Å². The van der Waals surface area contributed by atoms with Gasteiger partial charge in [-0.05, 0) is 11.8 Å². The number of aryl methyl sites for hydroxylation is 1. The van der Waals surface area contributed by atoms with Gasteiger partial charge < -0.3 is 10.2 Å². The lowest BCUT2D eigenvalue weighted by molar-refractivity contribution is -0.127. The van der Waals surface area contributed by atoms with E-state index >= 15 is 0 Å². The Kier molecular flexibility index (Phi) is 5.42. The summed E-state index contributed by atoms with van der Waals surface area (Å²) in [5, 5.41) is 16.5. The molecule has 1 aromatic rings. The zero-order valence-corrected chi connectivity index (χ0v) is 14.5. The molecule has 0 unspecified atom stereocenters. The molecule has 0 aliphatic carbocycles. The monoisotopic (exact) mass is 317 g/mol. The second kappa shape index (κ2) is 7.14. The van der Waals surface area contributed by atoms with Crippen molar-refractivity contribution >= 4 is 5.91 Å². The van der Waals surface area contributed by atoms with Crippen molar-refractivity contribution in [2.75, 3.05) is 20.1 Å². The number of hydrogen-bond acceptors (Lipinski definition) is 4. The Morgan fingerprint density at radius 2 is 2.22 bits per heavy atom. The van der Waals surface area contributed by atoms with Gasteiger partial charge in [0, 0.05) is 57.7 Å². The number of aromatic nitrogens is 2. The maximum absolute atomic E-state index is 12.1. The van der Waals surface area contributed by atoms with E-state index in [1.54, 1.807) is 4.68 Å². The van der Waals surface area contributed by atoms with Crippen molar-refractivity contribution in [1.29, 1.82) is 5.26 Å². The number of nitrogens with zero attached hydrogens (tertiary/aromatic N) is 4. The van der Waals surface area contributed by atoms with Crippen molar-refractivity contribution < 1.29 is 4.79 Å². The molecule has 0 saturated carbocycles. The van der Waals surface area contributed by atoms with Gasteiger partial charge in [0.2, 0.25) is 5.91 Å². The Morgan fingerprint density at radius 1 is 1.48 bits per heavy atom. The molecule has 0 aromatic carbocycles. The first-order valence-corrected chi connectivity index (χ1v) is 8.16. The summed E-state index contributed by atoms with van der Waals surface area (Å²) in [6.07, 6.45) is 5.87. The average molecular weight is 317 g/mol. The van der Waals surface area contributed by atoms with Crippen LogP contribution in [-0.2, 0) is 11.8 Å². The van der Waals surface area contributed by atoms with Gasteiger partial charge in [0.1, 0.15) is 0 Å². The van der Waals surface area contributed by atoms with Gasteiger partial charge in [-0.15, -0.1) is 0 Å². The Labute approximate surface area is 138 Å². The molecule has 0 bridgehead atoms. The highest BCUT2D eigenvalue weighted by Gasteiger charge is 2.38. The number of carbonyl (C=O) groups excluding carboxylic acids is 1. The summed E-state index contributed by atoms with van der Waals surface area (Å²) in [4.78, 5) is 13.9. The van der Waals surface area contributed by atoms with Gasteiger partial charge in [-0.1, -0.05) is 13.8 Å². The van der Waals surface area contributed by atoms with Crippen molar-refractivity contribution in [2.24, 2.45) is 18.4 Å².